The van der Waals surface area contributed by atoms with Crippen molar-refractivity contribution in [2.75, 3.05) is 12.9 Å². The Morgan fingerprint density at radius 2 is 2.04 bits per heavy atom. The van der Waals surface area contributed by atoms with E-state index in [1.165, 1.54) is 0 Å². The second-order valence-electron chi connectivity index (χ2n) is 5.22. The molecule has 0 saturated carbocycles. The van der Waals surface area contributed by atoms with E-state index in [4.69, 9.17) is 11.2 Å². The number of H-pyrrole nitrogens is 1. The molecule has 1 unspecified atom stereocenters. The standard InChI is InChI=1S/C20H17N2O2S/c1-3-14-25(20-21-17-6-4-5-7-18(17)22-20)19(23)13-10-15-8-11-16(24-2)12-9-15/h1,4-13H,14H2,2H3,(H,21,22)/q+1/b13-10+. The summed E-state index contributed by atoms with van der Waals surface area (Å²) in [6.07, 6.45) is 8.81. The number of aromatic amines is 1. The molecular formula is C20H17N2O2S+. The lowest BCUT2D eigenvalue weighted by molar-refractivity contribution is -0.107. The zero-order chi connectivity index (χ0) is 17.6. The van der Waals surface area contributed by atoms with Crippen molar-refractivity contribution in [3.05, 3.63) is 60.2 Å². The van der Waals surface area contributed by atoms with Gasteiger partial charge in [-0.05, 0) is 35.9 Å². The van der Waals surface area contributed by atoms with Crippen LogP contribution < -0.4 is 4.74 Å². The van der Waals surface area contributed by atoms with E-state index in [9.17, 15) is 4.79 Å². The molecule has 0 bridgehead atoms. The number of hydrogen-bond donors (Lipinski definition) is 1. The van der Waals surface area contributed by atoms with Crippen molar-refractivity contribution in [1.82, 2.24) is 9.97 Å². The largest absolute Gasteiger partial charge is 0.497 e. The first-order valence-corrected chi connectivity index (χ1v) is 9.06. The Labute approximate surface area is 149 Å². The van der Waals surface area contributed by atoms with E-state index in [1.54, 1.807) is 19.3 Å². The highest BCUT2D eigenvalue weighted by Crippen LogP contribution is 2.18. The first-order valence-electron chi connectivity index (χ1n) is 7.66. The molecule has 0 aliphatic heterocycles. The maximum Gasteiger partial charge on any atom is 0.364 e. The van der Waals surface area contributed by atoms with Crippen molar-refractivity contribution in [3.63, 3.8) is 0 Å². The molecule has 1 aromatic heterocycles. The first-order chi connectivity index (χ1) is 12.2. The third-order valence-electron chi connectivity index (χ3n) is 3.60. The zero-order valence-electron chi connectivity index (χ0n) is 13.7. The summed E-state index contributed by atoms with van der Waals surface area (Å²) in [6.45, 7) is 0. The Morgan fingerprint density at radius 1 is 1.28 bits per heavy atom. The van der Waals surface area contributed by atoms with Gasteiger partial charge in [-0.25, -0.2) is 4.79 Å². The van der Waals surface area contributed by atoms with Crippen LogP contribution in [0.25, 0.3) is 17.1 Å². The summed E-state index contributed by atoms with van der Waals surface area (Å²) >= 11 is 0. The predicted octanol–water partition coefficient (Wildman–Crippen LogP) is 3.42. The van der Waals surface area contributed by atoms with E-state index in [-0.39, 0.29) is 5.12 Å². The number of carbonyl (C=O) groups excluding carboxylic acids is 1. The second-order valence-corrected chi connectivity index (χ2v) is 7.08. The van der Waals surface area contributed by atoms with Crippen molar-refractivity contribution in [3.8, 4) is 18.1 Å². The van der Waals surface area contributed by atoms with E-state index in [0.29, 0.717) is 10.9 Å². The summed E-state index contributed by atoms with van der Waals surface area (Å²) in [5, 5.41) is 0.580. The van der Waals surface area contributed by atoms with E-state index in [0.717, 1.165) is 22.3 Å². The number of nitrogens with one attached hydrogen (secondary N) is 1. The molecule has 0 spiro atoms. The molecule has 2 aromatic carbocycles. The molecule has 0 aliphatic rings. The lowest BCUT2D eigenvalue weighted by atomic mass is 10.2. The number of imidazole rings is 1. The minimum atomic E-state index is -0.798. The lowest BCUT2D eigenvalue weighted by Gasteiger charge is -1.99. The van der Waals surface area contributed by atoms with Gasteiger partial charge in [0.25, 0.3) is 0 Å². The van der Waals surface area contributed by atoms with Crippen molar-refractivity contribution >= 4 is 33.1 Å². The Kier molecular flexibility index (Phi) is 5.22. The summed E-state index contributed by atoms with van der Waals surface area (Å²) in [5.41, 5.74) is 2.65. The van der Waals surface area contributed by atoms with Crippen LogP contribution in [-0.2, 0) is 15.7 Å². The lowest BCUT2D eigenvalue weighted by Crippen LogP contribution is -2.18. The summed E-state index contributed by atoms with van der Waals surface area (Å²) in [7, 11) is 0.820. The molecule has 4 nitrogen and oxygen atoms in total. The number of benzene rings is 2. The highest BCUT2D eigenvalue weighted by Gasteiger charge is 2.32. The van der Waals surface area contributed by atoms with Crippen LogP contribution in [0.1, 0.15) is 5.56 Å². The predicted molar refractivity (Wildman–Crippen MR) is 102 cm³/mol. The number of aromatic nitrogens is 2. The summed E-state index contributed by atoms with van der Waals surface area (Å²) in [4.78, 5) is 20.4. The first kappa shape index (κ1) is 16.9. The van der Waals surface area contributed by atoms with Gasteiger partial charge in [-0.15, -0.1) is 6.42 Å². The molecule has 3 aromatic rings. The number of carbonyl (C=O) groups is 1. The quantitative estimate of drug-likeness (QED) is 0.436. The number of ether oxygens (including phenoxy) is 1. The summed E-state index contributed by atoms with van der Waals surface area (Å²) in [5.74, 6) is 3.69. The number of fused-ring (bicyclic) bond motifs is 1. The molecule has 1 atom stereocenters. The van der Waals surface area contributed by atoms with Crippen LogP contribution in [0.5, 0.6) is 5.75 Å². The van der Waals surface area contributed by atoms with E-state index >= 15 is 0 Å². The Morgan fingerprint density at radius 3 is 2.72 bits per heavy atom. The molecule has 0 fully saturated rings. The van der Waals surface area contributed by atoms with Crippen molar-refractivity contribution in [2.24, 2.45) is 0 Å². The fourth-order valence-electron chi connectivity index (χ4n) is 2.33. The summed E-state index contributed by atoms with van der Waals surface area (Å²) < 4.78 is 5.13. The number of rotatable bonds is 5. The molecule has 0 amide bonds. The van der Waals surface area contributed by atoms with Gasteiger partial charge in [-0.3, -0.25) is 4.98 Å². The van der Waals surface area contributed by atoms with Crippen molar-refractivity contribution in [2.45, 2.75) is 5.16 Å². The molecule has 0 saturated heterocycles. The maximum absolute atomic E-state index is 12.7. The Balaban J connectivity index is 1.82. The SMILES string of the molecule is C#CC[S+](C(=O)/C=C/c1ccc(OC)cc1)c1nc2ccccc2[nH]1. The van der Waals surface area contributed by atoms with Gasteiger partial charge in [0.2, 0.25) is 0 Å². The topological polar surface area (TPSA) is 55.0 Å². The third-order valence-corrected chi connectivity index (χ3v) is 5.34. The normalized spacial score (nSPS) is 12.2. The summed E-state index contributed by atoms with van der Waals surface area (Å²) in [6, 6.07) is 15.2. The Bertz CT molecular complexity index is 919. The molecule has 5 heteroatoms. The van der Waals surface area contributed by atoms with Crippen LogP contribution in [0.15, 0.2) is 59.8 Å². The van der Waals surface area contributed by atoms with Crippen LogP contribution >= 0.6 is 0 Å². The molecular weight excluding hydrogens is 332 g/mol. The molecule has 3 rings (SSSR count). The molecule has 1 heterocycles. The van der Waals surface area contributed by atoms with Crippen LogP contribution in [0.2, 0.25) is 0 Å². The van der Waals surface area contributed by atoms with Gasteiger partial charge in [-0.2, -0.15) is 4.98 Å². The average molecular weight is 349 g/mol. The number of methoxy groups -OCH3 is 1. The van der Waals surface area contributed by atoms with Crippen molar-refractivity contribution < 1.29 is 9.53 Å². The Hall–Kier alpha value is -2.97. The molecule has 1 N–H and O–H groups in total. The highest BCUT2D eigenvalue weighted by atomic mass is 32.2. The van der Waals surface area contributed by atoms with Crippen LogP contribution in [0.3, 0.4) is 0 Å². The van der Waals surface area contributed by atoms with Gasteiger partial charge in [0.05, 0.1) is 18.1 Å². The fourth-order valence-corrected chi connectivity index (χ4v) is 3.64. The van der Waals surface area contributed by atoms with Crippen LogP contribution in [-0.4, -0.2) is 27.9 Å². The number of hydrogen-bond acceptors (Lipinski definition) is 3. The number of terminal acetylenes is 1. The second kappa shape index (κ2) is 7.73. The average Bonchev–Trinajstić information content (AvgIpc) is 3.08. The van der Waals surface area contributed by atoms with Gasteiger partial charge >= 0.3 is 10.3 Å². The molecule has 0 radical (unpaired) electrons. The molecule has 0 aliphatic carbocycles. The van der Waals surface area contributed by atoms with Crippen molar-refractivity contribution in [1.29, 1.82) is 0 Å². The third kappa shape index (κ3) is 3.93. The van der Waals surface area contributed by atoms with E-state index in [1.807, 2.05) is 48.5 Å². The van der Waals surface area contributed by atoms with E-state index in [2.05, 4.69) is 15.9 Å². The maximum atomic E-state index is 12.7. The van der Waals surface area contributed by atoms with Gasteiger partial charge in [0, 0.05) is 6.08 Å². The van der Waals surface area contributed by atoms with Crippen LogP contribution in [0, 0.1) is 12.3 Å². The fraction of sp³-hybridized carbons (Fsp3) is 0.100. The van der Waals surface area contributed by atoms with Gasteiger partial charge < -0.3 is 4.74 Å². The smallest absolute Gasteiger partial charge is 0.364 e. The zero-order valence-corrected chi connectivity index (χ0v) is 14.5. The molecule has 124 valence electrons. The number of para-hydroxylation sites is 2. The highest BCUT2D eigenvalue weighted by molar-refractivity contribution is 8.11. The van der Waals surface area contributed by atoms with E-state index < -0.39 is 10.9 Å². The minimum absolute atomic E-state index is 0.0483. The van der Waals surface area contributed by atoms with Gasteiger partial charge in [0.15, 0.2) is 16.6 Å². The number of nitrogens with zero attached hydrogens (tertiary/aromatic N) is 1. The monoisotopic (exact) mass is 349 g/mol. The molecule has 25 heavy (non-hydrogen) atoms. The van der Waals surface area contributed by atoms with Gasteiger partial charge in [0.1, 0.15) is 5.75 Å². The van der Waals surface area contributed by atoms with Crippen LogP contribution in [0.4, 0.5) is 0 Å². The minimum Gasteiger partial charge on any atom is -0.497 e. The van der Waals surface area contributed by atoms with Gasteiger partial charge in [-0.1, -0.05) is 30.2 Å².